The fraction of sp³-hybridized carbons (Fsp3) is 0.222. The van der Waals surface area contributed by atoms with Crippen LogP contribution in [0.2, 0.25) is 5.02 Å². The Morgan fingerprint density at radius 3 is 2.75 bits per heavy atom. The van der Waals surface area contributed by atoms with Crippen LogP contribution >= 0.6 is 27.5 Å². The van der Waals surface area contributed by atoms with Gasteiger partial charge < -0.3 is 5.73 Å². The second-order valence-electron chi connectivity index (χ2n) is 3.11. The van der Waals surface area contributed by atoms with Crippen molar-refractivity contribution in [3.63, 3.8) is 0 Å². The van der Waals surface area contributed by atoms with Gasteiger partial charge in [0.05, 0.1) is 9.75 Å². The maximum atomic E-state index is 10.8. The van der Waals surface area contributed by atoms with Gasteiger partial charge in [0.25, 0.3) is 5.69 Å². The molecule has 7 heteroatoms. The van der Waals surface area contributed by atoms with Crippen LogP contribution in [0.4, 0.5) is 5.69 Å². The molecule has 1 atom stereocenters. The lowest BCUT2D eigenvalue weighted by Crippen LogP contribution is -2.25. The van der Waals surface area contributed by atoms with E-state index in [-0.39, 0.29) is 12.1 Å². The van der Waals surface area contributed by atoms with Gasteiger partial charge in [-0.15, -0.1) is 0 Å². The molecule has 0 aliphatic rings. The number of halogens is 2. The van der Waals surface area contributed by atoms with E-state index in [2.05, 4.69) is 15.9 Å². The number of nitrogens with two attached hydrogens (primary N) is 1. The fourth-order valence-corrected chi connectivity index (χ4v) is 1.67. The third-order valence-electron chi connectivity index (χ3n) is 1.95. The van der Waals surface area contributed by atoms with Gasteiger partial charge in [-0.25, -0.2) is 0 Å². The number of carbonyl (C=O) groups is 1. The predicted molar refractivity (Wildman–Crippen MR) is 63.7 cm³/mol. The minimum atomic E-state index is -0.591. The summed E-state index contributed by atoms with van der Waals surface area (Å²) in [5.74, 6) is -0.539. The van der Waals surface area contributed by atoms with Crippen LogP contribution in [0.15, 0.2) is 18.2 Å². The average molecular weight is 308 g/mol. The van der Waals surface area contributed by atoms with E-state index in [1.807, 2.05) is 0 Å². The van der Waals surface area contributed by atoms with Crippen molar-refractivity contribution in [3.05, 3.63) is 38.9 Å². The summed E-state index contributed by atoms with van der Waals surface area (Å²) >= 11 is 8.93. The van der Waals surface area contributed by atoms with Gasteiger partial charge in [-0.1, -0.05) is 27.5 Å². The Balaban J connectivity index is 2.98. The zero-order valence-corrected chi connectivity index (χ0v) is 10.4. The Morgan fingerprint density at radius 2 is 2.25 bits per heavy atom. The molecule has 1 unspecified atom stereocenters. The molecule has 0 radical (unpaired) electrons. The summed E-state index contributed by atoms with van der Waals surface area (Å²) in [6.45, 7) is 0. The van der Waals surface area contributed by atoms with Gasteiger partial charge in [0, 0.05) is 17.2 Å². The number of nitro groups is 1. The van der Waals surface area contributed by atoms with Crippen LogP contribution in [-0.2, 0) is 11.2 Å². The maximum absolute atomic E-state index is 10.8. The van der Waals surface area contributed by atoms with Crippen molar-refractivity contribution in [1.82, 2.24) is 0 Å². The molecule has 1 amide bonds. The second-order valence-corrected chi connectivity index (χ2v) is 4.62. The van der Waals surface area contributed by atoms with Gasteiger partial charge >= 0.3 is 0 Å². The van der Waals surface area contributed by atoms with Crippen LogP contribution in [0.5, 0.6) is 0 Å². The van der Waals surface area contributed by atoms with Crippen LogP contribution in [0, 0.1) is 10.1 Å². The molecule has 16 heavy (non-hydrogen) atoms. The first-order valence-corrected chi connectivity index (χ1v) is 5.57. The summed E-state index contributed by atoms with van der Waals surface area (Å²) in [4.78, 5) is 20.3. The van der Waals surface area contributed by atoms with E-state index >= 15 is 0 Å². The molecule has 0 saturated carbocycles. The molecule has 0 bridgehead atoms. The minimum absolute atomic E-state index is 0.0661. The van der Waals surface area contributed by atoms with E-state index in [9.17, 15) is 14.9 Å². The quantitative estimate of drug-likeness (QED) is 0.524. The molecule has 2 N–H and O–H groups in total. The highest BCUT2D eigenvalue weighted by Crippen LogP contribution is 2.24. The lowest BCUT2D eigenvalue weighted by Gasteiger charge is -2.07. The lowest BCUT2D eigenvalue weighted by molar-refractivity contribution is -0.384. The molecule has 1 aromatic rings. The van der Waals surface area contributed by atoms with E-state index < -0.39 is 15.7 Å². The van der Waals surface area contributed by atoms with Crippen molar-refractivity contribution in [2.24, 2.45) is 5.73 Å². The number of rotatable bonds is 4. The smallest absolute Gasteiger partial charge is 0.269 e. The Hall–Kier alpha value is -1.14. The Bertz CT molecular complexity index is 439. The molecule has 0 aromatic heterocycles. The third-order valence-corrected chi connectivity index (χ3v) is 3.09. The largest absolute Gasteiger partial charge is 0.369 e. The van der Waals surface area contributed by atoms with Gasteiger partial charge in [0.2, 0.25) is 5.91 Å². The van der Waals surface area contributed by atoms with Gasteiger partial charge in [0.15, 0.2) is 0 Å². The van der Waals surface area contributed by atoms with Crippen LogP contribution in [0.25, 0.3) is 0 Å². The van der Waals surface area contributed by atoms with E-state index in [1.54, 1.807) is 0 Å². The molecule has 0 heterocycles. The number of primary amides is 1. The lowest BCUT2D eigenvalue weighted by atomic mass is 10.1. The number of hydrogen-bond acceptors (Lipinski definition) is 3. The maximum Gasteiger partial charge on any atom is 0.269 e. The monoisotopic (exact) mass is 306 g/mol. The summed E-state index contributed by atoms with van der Waals surface area (Å²) < 4.78 is 0. The van der Waals surface area contributed by atoms with Gasteiger partial charge in [-0.2, -0.15) is 0 Å². The first-order valence-electron chi connectivity index (χ1n) is 4.28. The fourth-order valence-electron chi connectivity index (χ4n) is 1.12. The number of non-ortho nitro benzene ring substituents is 1. The molecule has 0 spiro atoms. The number of alkyl halides is 1. The van der Waals surface area contributed by atoms with E-state index in [0.717, 1.165) is 0 Å². The van der Waals surface area contributed by atoms with Crippen LogP contribution in [0.3, 0.4) is 0 Å². The number of hydrogen-bond donors (Lipinski definition) is 1. The zero-order chi connectivity index (χ0) is 12.3. The van der Waals surface area contributed by atoms with Crippen molar-refractivity contribution in [2.75, 3.05) is 0 Å². The normalized spacial score (nSPS) is 12.1. The first-order chi connectivity index (χ1) is 7.41. The number of amides is 1. The number of carbonyl (C=O) groups excluding carboxylic acids is 1. The Kier molecular flexibility index (Phi) is 4.26. The van der Waals surface area contributed by atoms with Gasteiger partial charge in [-0.3, -0.25) is 14.9 Å². The summed E-state index contributed by atoms with van der Waals surface area (Å²) in [7, 11) is 0. The standard InChI is InChI=1S/C9H8BrClN2O3/c10-7(9(12)14)4-5-3-6(13(15)16)1-2-8(5)11/h1-3,7H,4H2,(H2,12,14). The van der Waals surface area contributed by atoms with E-state index in [1.165, 1.54) is 18.2 Å². The van der Waals surface area contributed by atoms with Crippen molar-refractivity contribution in [2.45, 2.75) is 11.2 Å². The van der Waals surface area contributed by atoms with Crippen molar-refractivity contribution in [1.29, 1.82) is 0 Å². The van der Waals surface area contributed by atoms with Gasteiger partial charge in [-0.05, 0) is 18.1 Å². The molecular weight excluding hydrogens is 299 g/mol. The molecule has 0 aliphatic heterocycles. The molecule has 5 nitrogen and oxygen atoms in total. The summed E-state index contributed by atoms with van der Waals surface area (Å²) in [5.41, 5.74) is 5.51. The zero-order valence-electron chi connectivity index (χ0n) is 8.02. The average Bonchev–Trinajstić information content (AvgIpc) is 2.20. The highest BCUT2D eigenvalue weighted by atomic mass is 79.9. The van der Waals surface area contributed by atoms with Crippen molar-refractivity contribution < 1.29 is 9.72 Å². The van der Waals surface area contributed by atoms with Crippen LogP contribution < -0.4 is 5.73 Å². The van der Waals surface area contributed by atoms with Crippen LogP contribution in [0.1, 0.15) is 5.56 Å². The topological polar surface area (TPSA) is 86.2 Å². The Labute approximate surface area is 105 Å². The molecule has 0 saturated heterocycles. The molecule has 1 aromatic carbocycles. The number of nitro benzene ring substituents is 1. The van der Waals surface area contributed by atoms with Crippen molar-refractivity contribution >= 4 is 39.1 Å². The summed E-state index contributed by atoms with van der Waals surface area (Å²) in [6.07, 6.45) is 0.218. The molecule has 86 valence electrons. The van der Waals surface area contributed by atoms with Gasteiger partial charge in [0.1, 0.15) is 0 Å². The number of nitrogens with zero attached hydrogens (tertiary/aromatic N) is 1. The predicted octanol–water partition coefficient (Wildman–Crippen LogP) is 2.04. The van der Waals surface area contributed by atoms with Crippen LogP contribution in [-0.4, -0.2) is 15.7 Å². The molecule has 1 rings (SSSR count). The molecule has 0 fully saturated rings. The minimum Gasteiger partial charge on any atom is -0.369 e. The highest BCUT2D eigenvalue weighted by molar-refractivity contribution is 9.10. The first kappa shape index (κ1) is 12.9. The molecular formula is C9H8BrClN2O3. The highest BCUT2D eigenvalue weighted by Gasteiger charge is 2.16. The van der Waals surface area contributed by atoms with E-state index in [0.29, 0.717) is 10.6 Å². The second kappa shape index (κ2) is 5.27. The molecule has 0 aliphatic carbocycles. The SMILES string of the molecule is NC(=O)C(Br)Cc1cc([N+](=O)[O-])ccc1Cl. The Morgan fingerprint density at radius 1 is 1.62 bits per heavy atom. The number of benzene rings is 1. The summed E-state index contributed by atoms with van der Waals surface area (Å²) in [5, 5.41) is 10.9. The van der Waals surface area contributed by atoms with Crippen molar-refractivity contribution in [3.8, 4) is 0 Å². The van der Waals surface area contributed by atoms with E-state index in [4.69, 9.17) is 17.3 Å². The summed E-state index contributed by atoms with van der Waals surface area (Å²) in [6, 6.07) is 4.06. The third kappa shape index (κ3) is 3.18.